The lowest BCUT2D eigenvalue weighted by molar-refractivity contribution is -0.162. The molecule has 8 rings (SSSR count). The minimum Gasteiger partial charge on any atom is -0.505 e. The zero-order chi connectivity index (χ0) is 82.9. The number of hydrogen-bond donors (Lipinski definition) is 8. The molecule has 8 fully saturated rings. The molecular weight excluding hydrogens is 1680 g/mol. The number of aliphatic hydroxyl groups is 4. The number of aldehydes is 1. The number of amides is 8. The Bertz CT molecular complexity index is 2550. The number of carbonyl (C=O) groups is 12. The topological polar surface area (TPSA) is 418 Å². The van der Waals surface area contributed by atoms with Crippen molar-refractivity contribution in [1.29, 1.82) is 0 Å². The average molecular weight is 1890 g/mol. The summed E-state index contributed by atoms with van der Waals surface area (Å²) in [6.07, 6.45) is 20.1. The van der Waals surface area contributed by atoms with Crippen LogP contribution < -0.4 is 22.1 Å². The number of nitrogens with one attached hydrogen (secondary N) is 2. The van der Waals surface area contributed by atoms with Gasteiger partial charge in [-0.3, -0.25) is 52.7 Å². The third-order valence-corrected chi connectivity index (χ3v) is 24.8. The van der Waals surface area contributed by atoms with Crippen LogP contribution in [0.2, 0.25) is 70.0 Å². The van der Waals surface area contributed by atoms with Crippen LogP contribution in [-0.2, 0) is 76.5 Å². The SMILES string of the molecule is C.C.C.C.C.C.C.C.C.C.C.C.C.C.C.C.C.C#C[C@@H](N)CC(=O)OC.C#C[C@@H]1CC(=O)N1[SiH2]C.C=COC.CC.CC.CO.CO.COC(=O)C[C@@H](C)N.C[C@@H]1CC(=O)N1.C[SiH2]CC1CC(=O)N1.C[SiH2]CC1CC(=O)N1CO.C[SiH2]C[C@@H]1CC(=O)N1CO.C[SiH2]C[C@H]1CC(=O)N1COC(C)=O.C[SiH2]N1C(=O)CC1C=C(C)C.C[SiH2]N1C(=O)CC1C=O. The predicted octanol–water partition coefficient (Wildman–Crippen LogP) is 8.71. The van der Waals surface area contributed by atoms with Crippen molar-refractivity contribution in [3.05, 3.63) is 24.5 Å². The lowest BCUT2D eigenvalue weighted by atomic mass is 10.0. The molecule has 0 aliphatic carbocycles. The number of terminal acetylenes is 2. The van der Waals surface area contributed by atoms with Gasteiger partial charge in [0.25, 0.3) is 0 Å². The first kappa shape index (κ1) is 181. The highest BCUT2D eigenvalue weighted by Gasteiger charge is 2.38. The second-order valence-electron chi connectivity index (χ2n) is 23.6. The van der Waals surface area contributed by atoms with Crippen LogP contribution in [0.5, 0.6) is 0 Å². The number of nitrogens with zero attached hydrogens (tertiary/aromatic N) is 6. The molecule has 0 radical (unpaired) electrons. The van der Waals surface area contributed by atoms with E-state index >= 15 is 0 Å². The molecule has 0 aromatic carbocycles. The molecule has 0 saturated carbocycles. The van der Waals surface area contributed by atoms with Crippen LogP contribution in [-0.4, -0.2) is 304 Å². The molecule has 0 aromatic heterocycles. The molecule has 8 amide bonds. The number of carbonyl (C=O) groups excluding carboxylic acids is 12. The summed E-state index contributed by atoms with van der Waals surface area (Å²) >= 11 is 0. The summed E-state index contributed by atoms with van der Waals surface area (Å²) in [5, 5.41) is 36.9. The van der Waals surface area contributed by atoms with Gasteiger partial charge in [0.1, 0.15) is 48.8 Å². The quantitative estimate of drug-likeness (QED) is 0.00733. The zero-order valence-electron chi connectivity index (χ0n) is 67.5. The van der Waals surface area contributed by atoms with E-state index in [0.717, 1.165) is 57.9 Å². The standard InChI is InChI=1S/C8H15NO3Si.C8H15NOSi.2C6H13NO2Si.C6H9NO2.C6H9NOSi.C5H9NO2Si.C5H11NO2.C5H11NOSi.C4H7NO.C3H6O.2C2H6.2CH4O.17CH4/c1-6(10)12-5-9-7(4-13-2)3-8(9)11;1-6(2)4-7-5-8(10)9(7)11-3;2*1-10-3-5-2-6(9)7(5)4-8;1-3-5(7)4-6(8)9-2;1-3-5-4-6(8)7(5)9-2;1-9-6-4(3-7)2-5(6)8;1-4(6)3-5(7)8-2;1-8-3-4-2-5(7)6-4;1-3-2-4(6)5-3;1-3-4-2;4*1-2;;;;;;;;;;;;;;;;;/h7H,3-5,13H2,1-2H3;4,7H,5,11H2,1-3H3;2*5,8H,2-4,10H2,1H3;1,5H,4,7H2,2H3;1,5H,4,9H2,2H3;3-4H,2,9H2,1H3;4H,3,6H2,1-2H3;4H,2-3,8H2,1H3,(H,6,7);3H,2H2,1H3,(H,5,6);3H,1H2,2H3;2*1-2H3;2*2H,1H3;17*1H4/t7-;;5-;;2*5-;;4-;;3-;;;;;;;;;;;;;;;;;;;;;;/m1.0.11.1.1....................../s1. The maximum atomic E-state index is 11.1. The van der Waals surface area contributed by atoms with Gasteiger partial charge in [0, 0.05) is 134 Å². The second kappa shape index (κ2) is 117. The van der Waals surface area contributed by atoms with Crippen molar-refractivity contribution in [3.63, 3.8) is 0 Å². The lowest BCUT2D eigenvalue weighted by Gasteiger charge is -2.39. The van der Waals surface area contributed by atoms with Crippen molar-refractivity contribution in [2.75, 3.05) is 55.7 Å². The molecule has 122 heavy (non-hydrogen) atoms. The first-order chi connectivity index (χ1) is 49.9. The fourth-order valence-corrected chi connectivity index (χ4v) is 17.7. The maximum Gasteiger partial charge on any atom is 0.308 e. The smallest absolute Gasteiger partial charge is 0.308 e. The van der Waals surface area contributed by atoms with Gasteiger partial charge in [0.2, 0.25) is 47.3 Å². The summed E-state index contributed by atoms with van der Waals surface area (Å²) in [5.41, 5.74) is 11.8. The van der Waals surface area contributed by atoms with Crippen molar-refractivity contribution in [3.8, 4) is 24.7 Å². The number of esters is 3. The van der Waals surface area contributed by atoms with Crippen LogP contribution in [0.15, 0.2) is 24.5 Å². The Labute approximate surface area is 769 Å². The van der Waals surface area contributed by atoms with E-state index in [1.165, 1.54) is 39.0 Å². The summed E-state index contributed by atoms with van der Waals surface area (Å²) in [4.78, 5) is 131. The van der Waals surface area contributed by atoms with E-state index < -0.39 is 15.7 Å². The Morgan fingerprint density at radius 2 is 0.828 bits per heavy atom. The normalized spacial score (nSPS) is 18.2. The van der Waals surface area contributed by atoms with Gasteiger partial charge in [-0.15, -0.1) is 12.8 Å². The fraction of sp³-hybridized carbons (Fsp3) is 0.765. The van der Waals surface area contributed by atoms with E-state index in [9.17, 15) is 57.5 Å². The number of allylic oxidation sites excluding steroid dienone is 1. The molecule has 8 aliphatic heterocycles. The molecule has 4 unspecified atom stereocenters. The van der Waals surface area contributed by atoms with Gasteiger partial charge in [-0.2, -0.15) is 0 Å². The van der Waals surface area contributed by atoms with Crippen molar-refractivity contribution >= 4 is 139 Å². The lowest BCUT2D eigenvalue weighted by Crippen LogP contribution is -2.54. The van der Waals surface area contributed by atoms with Crippen molar-refractivity contribution < 1.29 is 96.9 Å². The third kappa shape index (κ3) is 83.1. The Morgan fingerprint density at radius 1 is 0.516 bits per heavy atom. The summed E-state index contributed by atoms with van der Waals surface area (Å²) in [6.45, 7) is 35.7. The number of nitrogens with two attached hydrogens (primary N) is 2. The van der Waals surface area contributed by atoms with Gasteiger partial charge in [-0.05, 0) is 51.9 Å². The van der Waals surface area contributed by atoms with Crippen molar-refractivity contribution in [2.45, 2.75) is 383 Å². The largest absolute Gasteiger partial charge is 0.505 e. The van der Waals surface area contributed by atoms with Crippen molar-refractivity contribution in [2.24, 2.45) is 11.5 Å². The summed E-state index contributed by atoms with van der Waals surface area (Å²) in [7, 11) is 5.40. The van der Waals surface area contributed by atoms with Gasteiger partial charge in [-0.25, -0.2) is 0 Å². The van der Waals surface area contributed by atoms with E-state index in [0.29, 0.717) is 80.7 Å². The van der Waals surface area contributed by atoms with Crippen LogP contribution in [0, 0.1) is 24.7 Å². The Kier molecular flexibility index (Phi) is 173. The Hall–Kier alpha value is -6.48. The molecule has 8 heterocycles. The van der Waals surface area contributed by atoms with Crippen LogP contribution in [0.25, 0.3) is 0 Å². The van der Waals surface area contributed by atoms with E-state index in [-0.39, 0.29) is 288 Å². The molecule has 10 N–H and O–H groups in total. The molecule has 0 spiro atoms. The van der Waals surface area contributed by atoms with Gasteiger partial charge in [-0.1, -0.05) is 230 Å². The monoisotopic (exact) mass is 1880 g/mol. The summed E-state index contributed by atoms with van der Waals surface area (Å²) in [6, 6.07) is 6.79. The molecule has 30 nitrogen and oxygen atoms in total. The van der Waals surface area contributed by atoms with E-state index in [1.807, 2.05) is 50.3 Å². The molecule has 0 bridgehead atoms. The molecule has 8 saturated heterocycles. The van der Waals surface area contributed by atoms with Crippen LogP contribution in [0.1, 0.15) is 253 Å². The average Bonchev–Trinajstić information content (AvgIpc) is 0.836. The number of aliphatic hydroxyl groups excluding tert-OH is 4. The minimum atomic E-state index is -0.516. The second-order valence-corrected chi connectivity index (χ2v) is 33.8. The number of ether oxygens (including phenoxy) is 4. The maximum absolute atomic E-state index is 11.1. The highest BCUT2D eigenvalue weighted by Crippen LogP contribution is 2.24. The fourth-order valence-electron chi connectivity index (χ4n) is 9.65. The highest BCUT2D eigenvalue weighted by atomic mass is 28.2. The summed E-state index contributed by atoms with van der Waals surface area (Å²) < 4.78 is 23.3. The highest BCUT2D eigenvalue weighted by molar-refractivity contribution is 6.38. The first-order valence-corrected chi connectivity index (χ1v) is 52.1. The van der Waals surface area contributed by atoms with Gasteiger partial charge >= 0.3 is 17.9 Å². The van der Waals surface area contributed by atoms with Crippen molar-refractivity contribution in [1.82, 2.24) is 39.0 Å². The number of rotatable bonds is 22. The Morgan fingerprint density at radius 3 is 1.02 bits per heavy atom. The van der Waals surface area contributed by atoms with Crippen LogP contribution in [0.3, 0.4) is 0 Å². The Balaban J connectivity index is -0.0000000387. The molecule has 8 aliphatic rings. The van der Waals surface area contributed by atoms with E-state index in [1.54, 1.807) is 33.3 Å². The third-order valence-electron chi connectivity index (χ3n) is 15.3. The minimum absolute atomic E-state index is 0. The van der Waals surface area contributed by atoms with Crippen LogP contribution in [0.4, 0.5) is 0 Å². The number of β-lactam (4-membered cyclic amide) rings is 8. The van der Waals surface area contributed by atoms with E-state index in [4.69, 9.17) is 49.5 Å². The summed E-state index contributed by atoms with van der Waals surface area (Å²) in [5.74, 6) is 5.31. The number of likely N-dealkylation sites (tertiary alicyclic amines) is 3. The number of methoxy groups -OCH3 is 3. The van der Waals surface area contributed by atoms with Gasteiger partial charge < -0.3 is 94.7 Å². The molecule has 744 valence electrons. The molecular formula is C85H206N10O20Si7. The molecule has 0 aromatic rings. The van der Waals surface area contributed by atoms with Crippen LogP contribution >= 0.6 is 0 Å². The molecule has 37 heteroatoms. The van der Waals surface area contributed by atoms with Gasteiger partial charge in [0.05, 0.1) is 77.4 Å². The van der Waals surface area contributed by atoms with E-state index in [2.05, 4.69) is 102 Å². The van der Waals surface area contributed by atoms with Gasteiger partial charge in [0.15, 0.2) is 6.73 Å². The molecule has 10 atom stereocenters. The zero-order valence-corrected chi connectivity index (χ0v) is 77.4. The number of hydrogen-bond acceptors (Lipinski definition) is 22. The first-order valence-electron chi connectivity index (χ1n) is 36.3. The predicted molar refractivity (Wildman–Crippen MR) is 550 cm³/mol.